The van der Waals surface area contributed by atoms with Gasteiger partial charge in [-0.1, -0.05) is 49.1 Å². The van der Waals surface area contributed by atoms with E-state index in [1.54, 1.807) is 12.1 Å². The van der Waals surface area contributed by atoms with Crippen LogP contribution in [-0.2, 0) is 9.59 Å². The van der Waals surface area contributed by atoms with Gasteiger partial charge < -0.3 is 20.4 Å². The van der Waals surface area contributed by atoms with Crippen LogP contribution < -0.4 is 15.5 Å². The fourth-order valence-electron chi connectivity index (χ4n) is 5.54. The van der Waals surface area contributed by atoms with Crippen LogP contribution in [0.15, 0.2) is 42.5 Å². The molecule has 0 aromatic heterocycles. The predicted octanol–water partition coefficient (Wildman–Crippen LogP) is 4.04. The van der Waals surface area contributed by atoms with Gasteiger partial charge in [-0.25, -0.2) is 0 Å². The highest BCUT2D eigenvalue weighted by Crippen LogP contribution is 2.41. The lowest BCUT2D eigenvalue weighted by molar-refractivity contribution is -0.124. The smallest absolute Gasteiger partial charge is 0.254 e. The van der Waals surface area contributed by atoms with E-state index >= 15 is 0 Å². The largest absolute Gasteiger partial charge is 0.336 e. The van der Waals surface area contributed by atoms with E-state index in [1.807, 2.05) is 47.1 Å². The van der Waals surface area contributed by atoms with Gasteiger partial charge in [0.1, 0.15) is 0 Å². The summed E-state index contributed by atoms with van der Waals surface area (Å²) in [5, 5.41) is 6.27. The summed E-state index contributed by atoms with van der Waals surface area (Å²) in [6.45, 7) is 4.89. The van der Waals surface area contributed by atoms with E-state index in [1.165, 1.54) is 6.42 Å². The summed E-state index contributed by atoms with van der Waals surface area (Å²) < 4.78 is 0. The molecule has 3 aliphatic rings. The highest BCUT2D eigenvalue weighted by atomic mass is 16.2. The summed E-state index contributed by atoms with van der Waals surface area (Å²) in [6, 6.07) is 13.1. The number of hydrogen-bond acceptors (Lipinski definition) is 4. The van der Waals surface area contributed by atoms with Crippen LogP contribution in [0.2, 0.25) is 0 Å². The fraction of sp³-hybridized carbons (Fsp3) is 0.464. The topological polar surface area (TPSA) is 81.8 Å². The van der Waals surface area contributed by atoms with Gasteiger partial charge >= 0.3 is 0 Å². The molecular formula is C28H34N4O3. The Kier molecular flexibility index (Phi) is 6.86. The number of benzene rings is 2. The van der Waals surface area contributed by atoms with Crippen molar-refractivity contribution < 1.29 is 14.4 Å². The first-order chi connectivity index (χ1) is 17.0. The van der Waals surface area contributed by atoms with E-state index in [4.69, 9.17) is 0 Å². The van der Waals surface area contributed by atoms with Crippen LogP contribution in [0.3, 0.4) is 0 Å². The van der Waals surface area contributed by atoms with Gasteiger partial charge in [-0.2, -0.15) is 0 Å². The number of rotatable bonds is 3. The molecule has 2 aliphatic heterocycles. The maximum absolute atomic E-state index is 14.0. The van der Waals surface area contributed by atoms with Gasteiger partial charge in [-0.3, -0.25) is 14.4 Å². The zero-order valence-corrected chi connectivity index (χ0v) is 20.4. The number of carbonyl (C=O) groups excluding carboxylic acids is 3. The standard InChI is InChI=1S/C28H34N4O3/c1-19-7-9-20(10-8-19)25-18-26(33)30-23-17-22(27(34)31-15-13-29-14-16-31)11-12-24(23)32(25)28(35)21-5-3-2-4-6-21/h7-12,17,21,25,29H,2-6,13-16,18H2,1H3,(H,30,33). The molecular weight excluding hydrogens is 440 g/mol. The molecule has 1 unspecified atom stereocenters. The van der Waals surface area contributed by atoms with Crippen LogP contribution in [0.5, 0.6) is 0 Å². The molecule has 7 nitrogen and oxygen atoms in total. The Morgan fingerprint density at radius 3 is 2.37 bits per heavy atom. The quantitative estimate of drug-likeness (QED) is 0.704. The minimum atomic E-state index is -0.388. The Morgan fingerprint density at radius 2 is 1.66 bits per heavy atom. The van der Waals surface area contributed by atoms with E-state index in [9.17, 15) is 14.4 Å². The highest BCUT2D eigenvalue weighted by Gasteiger charge is 2.37. The van der Waals surface area contributed by atoms with Crippen molar-refractivity contribution in [3.05, 3.63) is 59.2 Å². The minimum Gasteiger partial charge on any atom is -0.336 e. The number of amides is 3. The molecule has 1 aliphatic carbocycles. The van der Waals surface area contributed by atoms with Gasteiger partial charge in [0.2, 0.25) is 11.8 Å². The Labute approximate surface area is 206 Å². The SMILES string of the molecule is Cc1ccc(C2CC(=O)Nc3cc(C(=O)N4CCNCC4)ccc3N2C(=O)C2CCCCC2)cc1. The Morgan fingerprint density at radius 1 is 0.943 bits per heavy atom. The van der Waals surface area contributed by atoms with Crippen molar-refractivity contribution in [1.82, 2.24) is 10.2 Å². The average Bonchev–Trinajstić information content (AvgIpc) is 3.04. The monoisotopic (exact) mass is 474 g/mol. The molecule has 2 heterocycles. The summed E-state index contributed by atoms with van der Waals surface area (Å²) in [5.74, 6) is -0.162. The maximum atomic E-state index is 14.0. The molecule has 1 saturated carbocycles. The lowest BCUT2D eigenvalue weighted by atomic mass is 9.87. The van der Waals surface area contributed by atoms with Gasteiger partial charge in [0.25, 0.3) is 5.91 Å². The van der Waals surface area contributed by atoms with Crippen molar-refractivity contribution in [2.24, 2.45) is 5.92 Å². The zero-order valence-electron chi connectivity index (χ0n) is 20.4. The lowest BCUT2D eigenvalue weighted by Crippen LogP contribution is -2.46. The first-order valence-electron chi connectivity index (χ1n) is 12.8. The molecule has 5 rings (SSSR count). The van der Waals surface area contributed by atoms with Crippen LogP contribution in [0.1, 0.15) is 66.1 Å². The van der Waals surface area contributed by atoms with Crippen molar-refractivity contribution in [3.8, 4) is 0 Å². The second kappa shape index (κ2) is 10.2. The number of hydrogen-bond donors (Lipinski definition) is 2. The predicted molar refractivity (Wildman–Crippen MR) is 136 cm³/mol. The Bertz CT molecular complexity index is 1100. The average molecular weight is 475 g/mol. The van der Waals surface area contributed by atoms with Crippen LogP contribution in [-0.4, -0.2) is 48.8 Å². The number of nitrogens with zero attached hydrogens (tertiary/aromatic N) is 2. The minimum absolute atomic E-state index is 0.0418. The molecule has 3 amide bonds. The lowest BCUT2D eigenvalue weighted by Gasteiger charge is -2.35. The number of fused-ring (bicyclic) bond motifs is 1. The van der Waals surface area contributed by atoms with Crippen LogP contribution in [0, 0.1) is 12.8 Å². The first kappa shape index (κ1) is 23.5. The van der Waals surface area contributed by atoms with Crippen LogP contribution in [0.25, 0.3) is 0 Å². The van der Waals surface area contributed by atoms with Crippen molar-refractivity contribution in [2.75, 3.05) is 36.4 Å². The van der Waals surface area contributed by atoms with Crippen molar-refractivity contribution in [2.45, 2.75) is 51.5 Å². The van der Waals surface area contributed by atoms with E-state index in [2.05, 4.69) is 10.6 Å². The fourth-order valence-corrected chi connectivity index (χ4v) is 5.54. The Hall–Kier alpha value is -3.19. The van der Waals surface area contributed by atoms with Gasteiger partial charge in [0.05, 0.1) is 23.8 Å². The van der Waals surface area contributed by atoms with E-state index in [0.717, 1.165) is 49.9 Å². The van der Waals surface area contributed by atoms with Crippen LogP contribution >= 0.6 is 0 Å². The number of anilines is 2. The normalized spacial score (nSPS) is 21.2. The summed E-state index contributed by atoms with van der Waals surface area (Å²) in [5.41, 5.74) is 3.82. The molecule has 1 atom stereocenters. The first-order valence-corrected chi connectivity index (χ1v) is 12.8. The molecule has 2 aromatic rings. The molecule has 0 bridgehead atoms. The van der Waals surface area contributed by atoms with E-state index < -0.39 is 0 Å². The van der Waals surface area contributed by atoms with Crippen molar-refractivity contribution >= 4 is 29.1 Å². The number of piperazine rings is 1. The molecule has 1 saturated heterocycles. The molecule has 35 heavy (non-hydrogen) atoms. The van der Waals surface area contributed by atoms with Crippen molar-refractivity contribution in [3.63, 3.8) is 0 Å². The summed E-state index contributed by atoms with van der Waals surface area (Å²) in [6.07, 6.45) is 5.22. The molecule has 2 aromatic carbocycles. The third kappa shape index (κ3) is 4.96. The van der Waals surface area contributed by atoms with Gasteiger partial charge in [0.15, 0.2) is 0 Å². The molecule has 0 radical (unpaired) electrons. The molecule has 0 spiro atoms. The third-order valence-electron chi connectivity index (χ3n) is 7.53. The van der Waals surface area contributed by atoms with E-state index in [-0.39, 0.29) is 36.1 Å². The maximum Gasteiger partial charge on any atom is 0.254 e. The summed E-state index contributed by atoms with van der Waals surface area (Å²) in [4.78, 5) is 43.9. The molecule has 184 valence electrons. The highest BCUT2D eigenvalue weighted by molar-refractivity contribution is 6.07. The number of nitrogens with one attached hydrogen (secondary N) is 2. The van der Waals surface area contributed by atoms with Gasteiger partial charge in [0, 0.05) is 37.7 Å². The number of aryl methyl sites for hydroxylation is 1. The summed E-state index contributed by atoms with van der Waals surface area (Å²) in [7, 11) is 0. The zero-order chi connectivity index (χ0) is 24.4. The van der Waals surface area contributed by atoms with E-state index in [0.29, 0.717) is 30.0 Å². The number of carbonyl (C=O) groups is 3. The molecule has 7 heteroatoms. The van der Waals surface area contributed by atoms with Crippen LogP contribution in [0.4, 0.5) is 11.4 Å². The van der Waals surface area contributed by atoms with Crippen molar-refractivity contribution in [1.29, 1.82) is 0 Å². The molecule has 2 N–H and O–H groups in total. The second-order valence-electron chi connectivity index (χ2n) is 10.00. The van der Waals surface area contributed by atoms with Gasteiger partial charge in [-0.05, 0) is 43.5 Å². The van der Waals surface area contributed by atoms with Gasteiger partial charge in [-0.15, -0.1) is 0 Å². The summed E-state index contributed by atoms with van der Waals surface area (Å²) >= 11 is 0. The second-order valence-corrected chi connectivity index (χ2v) is 10.00. The molecule has 2 fully saturated rings. The third-order valence-corrected chi connectivity index (χ3v) is 7.53. The Balaban J connectivity index is 1.55.